The van der Waals surface area contributed by atoms with Crippen LogP contribution in [0.2, 0.25) is 0 Å². The van der Waals surface area contributed by atoms with E-state index in [1.807, 2.05) is 0 Å². The summed E-state index contributed by atoms with van der Waals surface area (Å²) in [5.74, 6) is -0.0477. The second-order valence-corrected chi connectivity index (χ2v) is 6.13. The van der Waals surface area contributed by atoms with Crippen LogP contribution in [0, 0.1) is 0 Å². The van der Waals surface area contributed by atoms with Crippen molar-refractivity contribution in [2.75, 3.05) is 19.6 Å². The zero-order valence-corrected chi connectivity index (χ0v) is 12.8. The van der Waals surface area contributed by atoms with Gasteiger partial charge in [-0.3, -0.25) is 4.79 Å². The highest BCUT2D eigenvalue weighted by Gasteiger charge is 2.16. The number of amides is 2. The molecule has 1 aliphatic rings. The summed E-state index contributed by atoms with van der Waals surface area (Å²) in [4.78, 5) is 23.0. The molecule has 116 valence electrons. The fourth-order valence-electron chi connectivity index (χ4n) is 2.02. The highest BCUT2D eigenvalue weighted by atomic mass is 16.6. The van der Waals surface area contributed by atoms with Gasteiger partial charge in [-0.05, 0) is 40.2 Å². The quantitative estimate of drug-likeness (QED) is 0.708. The van der Waals surface area contributed by atoms with Crippen LogP contribution in [0.1, 0.15) is 46.5 Å². The summed E-state index contributed by atoms with van der Waals surface area (Å²) in [5, 5.41) is 8.82. The van der Waals surface area contributed by atoms with Crippen LogP contribution >= 0.6 is 0 Å². The molecule has 0 aromatic carbocycles. The first-order valence-corrected chi connectivity index (χ1v) is 7.34. The minimum atomic E-state index is -0.515. The van der Waals surface area contributed by atoms with E-state index in [0.29, 0.717) is 19.1 Å². The molecule has 1 fully saturated rings. The topological polar surface area (TPSA) is 79.5 Å². The number of ether oxygens (including phenoxy) is 1. The largest absolute Gasteiger partial charge is 0.444 e. The summed E-state index contributed by atoms with van der Waals surface area (Å²) in [7, 11) is 0. The van der Waals surface area contributed by atoms with Crippen LogP contribution < -0.4 is 16.0 Å². The van der Waals surface area contributed by atoms with E-state index in [0.717, 1.165) is 13.0 Å². The second-order valence-electron chi connectivity index (χ2n) is 6.13. The van der Waals surface area contributed by atoms with Gasteiger partial charge < -0.3 is 20.7 Å². The molecule has 0 radical (unpaired) electrons. The van der Waals surface area contributed by atoms with Crippen LogP contribution in [0.15, 0.2) is 0 Å². The Kier molecular flexibility index (Phi) is 6.78. The van der Waals surface area contributed by atoms with Gasteiger partial charge in [-0.15, -0.1) is 0 Å². The lowest BCUT2D eigenvalue weighted by Gasteiger charge is -2.23. The molecule has 3 N–H and O–H groups in total. The fourth-order valence-corrected chi connectivity index (χ4v) is 2.02. The molecule has 6 heteroatoms. The first kappa shape index (κ1) is 16.8. The van der Waals surface area contributed by atoms with E-state index in [1.54, 1.807) is 20.8 Å². The summed E-state index contributed by atoms with van der Waals surface area (Å²) in [6.45, 7) is 7.38. The third-order valence-corrected chi connectivity index (χ3v) is 2.98. The van der Waals surface area contributed by atoms with Crippen LogP contribution in [0.5, 0.6) is 0 Å². The Balaban J connectivity index is 2.06. The standard InChI is InChI=1S/C14H27N3O3/c1-14(2,3)20-13(19)16-9-7-12(18)17-10-11-6-4-5-8-15-11/h11,15H,4-10H2,1-3H3,(H,16,19)(H,17,18)/t11-/m0/s1. The fraction of sp³-hybridized carbons (Fsp3) is 0.857. The normalized spacial score (nSPS) is 19.2. The van der Waals surface area contributed by atoms with Crippen molar-refractivity contribution >= 4 is 12.0 Å². The molecule has 0 unspecified atom stereocenters. The number of alkyl carbamates (subject to hydrolysis) is 1. The third kappa shape index (κ3) is 7.99. The summed E-state index contributed by atoms with van der Waals surface area (Å²) < 4.78 is 5.08. The van der Waals surface area contributed by atoms with Gasteiger partial charge in [0, 0.05) is 25.6 Å². The highest BCUT2D eigenvalue weighted by molar-refractivity contribution is 5.77. The number of hydrogen-bond acceptors (Lipinski definition) is 4. The monoisotopic (exact) mass is 285 g/mol. The SMILES string of the molecule is CC(C)(C)OC(=O)NCCC(=O)NC[C@@H]1CCCCN1. The molecule has 1 saturated heterocycles. The minimum absolute atomic E-state index is 0.0477. The minimum Gasteiger partial charge on any atom is -0.444 e. The van der Waals surface area contributed by atoms with Gasteiger partial charge in [-0.1, -0.05) is 6.42 Å². The number of carbonyl (C=O) groups is 2. The predicted molar refractivity (Wildman–Crippen MR) is 77.5 cm³/mol. The maximum absolute atomic E-state index is 11.6. The van der Waals surface area contributed by atoms with Gasteiger partial charge in [0.05, 0.1) is 0 Å². The zero-order valence-electron chi connectivity index (χ0n) is 12.8. The Morgan fingerprint density at radius 3 is 2.60 bits per heavy atom. The molecule has 0 aromatic rings. The summed E-state index contributed by atoms with van der Waals surface area (Å²) in [6.07, 6.45) is 3.32. The molecular weight excluding hydrogens is 258 g/mol. The van der Waals surface area contributed by atoms with Crippen molar-refractivity contribution in [3.63, 3.8) is 0 Å². The van der Waals surface area contributed by atoms with Crippen molar-refractivity contribution in [1.29, 1.82) is 0 Å². The summed E-state index contributed by atoms with van der Waals surface area (Å²) in [5.41, 5.74) is -0.515. The van der Waals surface area contributed by atoms with Crippen LogP contribution in [0.4, 0.5) is 4.79 Å². The van der Waals surface area contributed by atoms with Crippen LogP contribution in [-0.2, 0) is 9.53 Å². The molecule has 1 rings (SSSR count). The Morgan fingerprint density at radius 2 is 2.00 bits per heavy atom. The smallest absolute Gasteiger partial charge is 0.407 e. The van der Waals surface area contributed by atoms with E-state index in [9.17, 15) is 9.59 Å². The Labute approximate surface area is 121 Å². The van der Waals surface area contributed by atoms with Crippen molar-refractivity contribution in [3.8, 4) is 0 Å². The maximum atomic E-state index is 11.6. The summed E-state index contributed by atoms with van der Waals surface area (Å²) in [6, 6.07) is 0.381. The Hall–Kier alpha value is -1.30. The molecule has 6 nitrogen and oxygen atoms in total. The van der Waals surface area contributed by atoms with Crippen molar-refractivity contribution < 1.29 is 14.3 Å². The number of rotatable bonds is 5. The van der Waals surface area contributed by atoms with E-state index in [1.165, 1.54) is 12.8 Å². The van der Waals surface area contributed by atoms with Gasteiger partial charge in [-0.2, -0.15) is 0 Å². The molecule has 0 spiro atoms. The van der Waals surface area contributed by atoms with Crippen LogP contribution in [0.3, 0.4) is 0 Å². The van der Waals surface area contributed by atoms with E-state index in [4.69, 9.17) is 4.74 Å². The average Bonchev–Trinajstić information content (AvgIpc) is 2.35. The van der Waals surface area contributed by atoms with Crippen LogP contribution in [-0.4, -0.2) is 43.3 Å². The molecule has 0 aromatic heterocycles. The van der Waals surface area contributed by atoms with Crippen molar-refractivity contribution in [2.24, 2.45) is 0 Å². The van der Waals surface area contributed by atoms with Crippen molar-refractivity contribution in [3.05, 3.63) is 0 Å². The van der Waals surface area contributed by atoms with Crippen molar-refractivity contribution in [2.45, 2.75) is 58.1 Å². The number of nitrogens with one attached hydrogen (secondary N) is 3. The number of hydrogen-bond donors (Lipinski definition) is 3. The predicted octanol–water partition coefficient (Wildman–Crippen LogP) is 1.16. The lowest BCUT2D eigenvalue weighted by molar-refractivity contribution is -0.121. The van der Waals surface area contributed by atoms with E-state index >= 15 is 0 Å². The van der Waals surface area contributed by atoms with E-state index < -0.39 is 11.7 Å². The zero-order chi connectivity index (χ0) is 15.0. The average molecular weight is 285 g/mol. The maximum Gasteiger partial charge on any atom is 0.407 e. The van der Waals surface area contributed by atoms with Crippen LogP contribution in [0.25, 0.3) is 0 Å². The molecule has 0 saturated carbocycles. The molecule has 1 atom stereocenters. The van der Waals surface area contributed by atoms with Gasteiger partial charge >= 0.3 is 6.09 Å². The van der Waals surface area contributed by atoms with Gasteiger partial charge in [0.15, 0.2) is 0 Å². The van der Waals surface area contributed by atoms with Gasteiger partial charge in [-0.25, -0.2) is 4.79 Å². The lowest BCUT2D eigenvalue weighted by atomic mass is 10.1. The first-order valence-electron chi connectivity index (χ1n) is 7.34. The Bertz CT molecular complexity index is 320. The molecule has 1 heterocycles. The van der Waals surface area contributed by atoms with E-state index in [-0.39, 0.29) is 12.3 Å². The molecule has 0 bridgehead atoms. The first-order chi connectivity index (χ1) is 9.37. The highest BCUT2D eigenvalue weighted by Crippen LogP contribution is 2.06. The number of piperidine rings is 1. The third-order valence-electron chi connectivity index (χ3n) is 2.98. The van der Waals surface area contributed by atoms with Gasteiger partial charge in [0.25, 0.3) is 0 Å². The van der Waals surface area contributed by atoms with E-state index in [2.05, 4.69) is 16.0 Å². The number of carbonyl (C=O) groups excluding carboxylic acids is 2. The molecular formula is C14H27N3O3. The summed E-state index contributed by atoms with van der Waals surface area (Å²) >= 11 is 0. The molecule has 1 aliphatic heterocycles. The molecule has 0 aliphatic carbocycles. The lowest BCUT2D eigenvalue weighted by Crippen LogP contribution is -2.44. The van der Waals surface area contributed by atoms with Gasteiger partial charge in [0.2, 0.25) is 5.91 Å². The second kappa shape index (κ2) is 8.09. The Morgan fingerprint density at radius 1 is 1.25 bits per heavy atom. The van der Waals surface area contributed by atoms with Crippen molar-refractivity contribution in [1.82, 2.24) is 16.0 Å². The molecule has 20 heavy (non-hydrogen) atoms. The van der Waals surface area contributed by atoms with Gasteiger partial charge in [0.1, 0.15) is 5.60 Å². The molecule has 2 amide bonds.